The van der Waals surface area contributed by atoms with Gasteiger partial charge in [0.1, 0.15) is 16.8 Å². The summed E-state index contributed by atoms with van der Waals surface area (Å²) < 4.78 is 0. The second kappa shape index (κ2) is 11.6. The summed E-state index contributed by atoms with van der Waals surface area (Å²) in [5, 5.41) is 16.8. The number of nitro groups is 1. The lowest BCUT2D eigenvalue weighted by atomic mass is 9.92. The van der Waals surface area contributed by atoms with Crippen LogP contribution in [0, 0.1) is 10.1 Å². The zero-order chi connectivity index (χ0) is 33.6. The second-order valence-electron chi connectivity index (χ2n) is 14.3. The first-order chi connectivity index (χ1) is 20.0. The van der Waals surface area contributed by atoms with Crippen LogP contribution in [-0.4, -0.2) is 85.6 Å². The van der Waals surface area contributed by atoms with Crippen LogP contribution >= 0.6 is 0 Å². The molecule has 0 bridgehead atoms. The maximum Gasteiger partial charge on any atom is 0.300 e. The summed E-state index contributed by atoms with van der Waals surface area (Å²) in [4.78, 5) is 69.2. The molecule has 0 radical (unpaired) electrons. The summed E-state index contributed by atoms with van der Waals surface area (Å²) >= 11 is 0. The van der Waals surface area contributed by atoms with Crippen LogP contribution < -0.4 is 16.4 Å². The van der Waals surface area contributed by atoms with Crippen molar-refractivity contribution in [3.05, 3.63) is 45.0 Å². The minimum absolute atomic E-state index is 0.0808. The zero-order valence-corrected chi connectivity index (χ0v) is 27.4. The molecule has 2 saturated heterocycles. The van der Waals surface area contributed by atoms with E-state index in [-0.39, 0.29) is 39.9 Å². The van der Waals surface area contributed by atoms with Gasteiger partial charge in [0.25, 0.3) is 17.5 Å². The van der Waals surface area contributed by atoms with Gasteiger partial charge in [0.2, 0.25) is 11.8 Å². The number of hydrogen-bond acceptors (Lipinski definition) is 7. The fourth-order valence-corrected chi connectivity index (χ4v) is 4.99. The predicted octanol–water partition coefficient (Wildman–Crippen LogP) is 2.82. The Bertz CT molecular complexity index is 1470. The highest BCUT2D eigenvalue weighted by Gasteiger charge is 2.44. The second-order valence-corrected chi connectivity index (χ2v) is 14.3. The van der Waals surface area contributed by atoms with Crippen LogP contribution in [0.5, 0.6) is 0 Å². The van der Waals surface area contributed by atoms with Gasteiger partial charge in [0.15, 0.2) is 5.69 Å². The van der Waals surface area contributed by atoms with Crippen molar-refractivity contribution in [1.82, 2.24) is 30.4 Å². The van der Waals surface area contributed by atoms with Crippen LogP contribution in [0.4, 0.5) is 11.4 Å². The molecule has 0 atom stereocenters. The number of nitrogens with two attached hydrogens (primary N) is 1. The van der Waals surface area contributed by atoms with Crippen LogP contribution in [0.2, 0.25) is 0 Å². The third kappa shape index (κ3) is 6.58. The largest absolute Gasteiger partial charge is 0.397 e. The van der Waals surface area contributed by atoms with Gasteiger partial charge in [-0.05, 0) is 33.8 Å². The average molecular weight is 615 g/mol. The summed E-state index contributed by atoms with van der Waals surface area (Å²) in [7, 11) is 0. The van der Waals surface area contributed by atoms with E-state index in [0.29, 0.717) is 43.3 Å². The molecule has 2 aromatic rings. The molecule has 242 valence electrons. The monoisotopic (exact) mass is 614 g/mol. The van der Waals surface area contributed by atoms with E-state index in [1.807, 2.05) is 41.5 Å². The molecule has 2 fully saturated rings. The standard InChI is InChI=1S/C15H22N4O4.C15H24N4O2/c1-14(2,3)10-8-9(19(22)23)11(17-10)12(20)18-7-6-16-13(21)15(18,4)5;1-14(2,3)10-8-9(16)11(18-10)12(20)19-7-6-17-13(21)15(19,4)5/h8,17H,6-7H2,1-5H3,(H,16,21);8,18H,6-7,16H2,1-5H3,(H,17,21). The van der Waals surface area contributed by atoms with Gasteiger partial charge in [-0.3, -0.25) is 29.3 Å². The number of nitrogens with zero attached hydrogens (tertiary/aromatic N) is 3. The molecule has 0 unspecified atom stereocenters. The summed E-state index contributed by atoms with van der Waals surface area (Å²) in [6, 6.07) is 3.19. The summed E-state index contributed by atoms with van der Waals surface area (Å²) in [6.45, 7) is 20.1. The van der Waals surface area contributed by atoms with E-state index >= 15 is 0 Å². The zero-order valence-electron chi connectivity index (χ0n) is 27.4. The van der Waals surface area contributed by atoms with Crippen molar-refractivity contribution in [1.29, 1.82) is 0 Å². The van der Waals surface area contributed by atoms with E-state index in [2.05, 4.69) is 20.6 Å². The third-order valence-electron chi connectivity index (χ3n) is 8.08. The van der Waals surface area contributed by atoms with Gasteiger partial charge in [-0.15, -0.1) is 0 Å². The molecule has 4 heterocycles. The van der Waals surface area contributed by atoms with E-state index < -0.39 is 21.9 Å². The fraction of sp³-hybridized carbons (Fsp3) is 0.600. The molecule has 4 rings (SSSR count). The number of aromatic nitrogens is 2. The number of hydrogen-bond donors (Lipinski definition) is 5. The van der Waals surface area contributed by atoms with Crippen LogP contribution in [0.15, 0.2) is 12.1 Å². The lowest BCUT2D eigenvalue weighted by molar-refractivity contribution is -0.385. The van der Waals surface area contributed by atoms with Crippen LogP contribution in [0.1, 0.15) is 102 Å². The number of nitrogens with one attached hydrogen (secondary N) is 4. The molecule has 14 heteroatoms. The number of nitrogen functional groups attached to an aromatic ring is 1. The van der Waals surface area contributed by atoms with E-state index in [9.17, 15) is 29.3 Å². The molecule has 2 aliphatic heterocycles. The first-order valence-electron chi connectivity index (χ1n) is 14.6. The number of rotatable bonds is 3. The molecule has 0 aliphatic carbocycles. The van der Waals surface area contributed by atoms with E-state index in [1.165, 1.54) is 11.0 Å². The lowest BCUT2D eigenvalue weighted by Crippen LogP contribution is -2.63. The summed E-state index contributed by atoms with van der Waals surface area (Å²) in [5.41, 5.74) is 5.52. The molecule has 0 spiro atoms. The molecule has 14 nitrogen and oxygen atoms in total. The Kier molecular flexibility index (Phi) is 9.01. The number of amides is 4. The highest BCUT2D eigenvalue weighted by molar-refractivity contribution is 6.02. The normalized spacial score (nSPS) is 18.1. The minimum atomic E-state index is -1.06. The van der Waals surface area contributed by atoms with Gasteiger partial charge in [-0.25, -0.2) is 0 Å². The van der Waals surface area contributed by atoms with E-state index in [4.69, 9.17) is 5.73 Å². The number of piperazine rings is 2. The van der Waals surface area contributed by atoms with E-state index in [1.54, 1.807) is 38.7 Å². The number of carbonyl (C=O) groups excluding carboxylic acids is 4. The van der Waals surface area contributed by atoms with Crippen molar-refractivity contribution in [2.24, 2.45) is 0 Å². The maximum atomic E-state index is 12.8. The minimum Gasteiger partial charge on any atom is -0.397 e. The van der Waals surface area contributed by atoms with Crippen molar-refractivity contribution >= 4 is 35.0 Å². The molecule has 44 heavy (non-hydrogen) atoms. The Morgan fingerprint density at radius 3 is 1.57 bits per heavy atom. The molecule has 6 N–H and O–H groups in total. The fourth-order valence-electron chi connectivity index (χ4n) is 4.99. The molecule has 0 aromatic carbocycles. The lowest BCUT2D eigenvalue weighted by Gasteiger charge is -2.41. The Balaban J connectivity index is 0.000000241. The van der Waals surface area contributed by atoms with Crippen molar-refractivity contribution in [2.45, 2.75) is 91.1 Å². The Hall–Kier alpha value is -4.36. The Labute approximate surface area is 257 Å². The number of aromatic amines is 2. The highest BCUT2D eigenvalue weighted by atomic mass is 16.6. The van der Waals surface area contributed by atoms with Gasteiger partial charge in [-0.1, -0.05) is 41.5 Å². The van der Waals surface area contributed by atoms with Crippen LogP contribution in [-0.2, 0) is 20.4 Å². The van der Waals surface area contributed by atoms with Crippen molar-refractivity contribution < 1.29 is 24.1 Å². The number of H-pyrrole nitrogens is 2. The average Bonchev–Trinajstić information content (AvgIpc) is 3.52. The van der Waals surface area contributed by atoms with Crippen molar-refractivity contribution in [3.8, 4) is 0 Å². The first kappa shape index (κ1) is 34.1. The van der Waals surface area contributed by atoms with Gasteiger partial charge in [-0.2, -0.15) is 0 Å². The predicted molar refractivity (Wildman–Crippen MR) is 166 cm³/mol. The maximum absolute atomic E-state index is 12.8. The van der Waals surface area contributed by atoms with Gasteiger partial charge >= 0.3 is 0 Å². The van der Waals surface area contributed by atoms with Gasteiger partial charge in [0, 0.05) is 54.5 Å². The molecular formula is C30H46N8O6. The van der Waals surface area contributed by atoms with Crippen molar-refractivity contribution in [2.75, 3.05) is 31.9 Å². The van der Waals surface area contributed by atoms with Gasteiger partial charge < -0.3 is 36.1 Å². The molecule has 0 saturated carbocycles. The van der Waals surface area contributed by atoms with Gasteiger partial charge in [0.05, 0.1) is 10.6 Å². The highest BCUT2D eigenvalue weighted by Crippen LogP contribution is 2.31. The number of carbonyl (C=O) groups is 4. The molecular weight excluding hydrogens is 568 g/mol. The van der Waals surface area contributed by atoms with Crippen LogP contribution in [0.25, 0.3) is 0 Å². The molecule has 2 aliphatic rings. The molecule has 2 aromatic heterocycles. The summed E-state index contributed by atoms with van der Waals surface area (Å²) in [6.07, 6.45) is 0. The SMILES string of the molecule is CC(C)(C)c1cc(N)c(C(=O)N2CCNC(=O)C2(C)C)[nH]1.CC(C)(C)c1cc([N+](=O)[O-])c(C(=O)N2CCNC(=O)C2(C)C)[nH]1. The number of anilines is 1. The Morgan fingerprint density at radius 2 is 1.18 bits per heavy atom. The Morgan fingerprint density at radius 1 is 0.795 bits per heavy atom. The first-order valence-corrected chi connectivity index (χ1v) is 14.6. The molecule has 4 amide bonds. The quantitative estimate of drug-likeness (QED) is 0.258. The van der Waals surface area contributed by atoms with Crippen LogP contribution in [0.3, 0.4) is 0 Å². The summed E-state index contributed by atoms with van der Waals surface area (Å²) in [5.74, 6) is -1.19. The van der Waals surface area contributed by atoms with Crippen molar-refractivity contribution in [3.63, 3.8) is 0 Å². The smallest absolute Gasteiger partial charge is 0.300 e. The van der Waals surface area contributed by atoms with E-state index in [0.717, 1.165) is 5.69 Å². The third-order valence-corrected chi connectivity index (χ3v) is 8.08. The topological polar surface area (TPSA) is 200 Å².